The Hall–Kier alpha value is -3.07. The highest BCUT2D eigenvalue weighted by Crippen LogP contribution is 2.18. The number of esters is 1. The predicted octanol–water partition coefficient (Wildman–Crippen LogP) is 0.973. The van der Waals surface area contributed by atoms with Gasteiger partial charge in [0.05, 0.1) is 18.0 Å². The van der Waals surface area contributed by atoms with Gasteiger partial charge in [-0.3, -0.25) is 9.78 Å². The molecule has 1 atom stereocenters. The van der Waals surface area contributed by atoms with E-state index in [-0.39, 0.29) is 18.0 Å². The van der Waals surface area contributed by atoms with Gasteiger partial charge in [-0.05, 0) is 11.6 Å². The van der Waals surface area contributed by atoms with E-state index in [0.717, 1.165) is 11.0 Å². The van der Waals surface area contributed by atoms with Crippen LogP contribution in [0.3, 0.4) is 0 Å². The van der Waals surface area contributed by atoms with E-state index in [1.165, 1.54) is 29.6 Å². The fraction of sp³-hybridized carbons (Fsp3) is 0.222. The number of hydrogen-bond donors (Lipinski definition) is 0. The van der Waals surface area contributed by atoms with Gasteiger partial charge in [0.15, 0.2) is 22.1 Å². The molecule has 1 amide bonds. The molecule has 0 unspecified atom stereocenters. The number of amides is 1. The van der Waals surface area contributed by atoms with E-state index in [0.29, 0.717) is 0 Å². The van der Waals surface area contributed by atoms with Crippen molar-refractivity contribution >= 4 is 21.7 Å². The Morgan fingerprint density at radius 1 is 1.19 bits per heavy atom. The maximum absolute atomic E-state index is 12.7. The molecule has 0 aliphatic carbocycles. The Morgan fingerprint density at radius 3 is 2.59 bits per heavy atom. The van der Waals surface area contributed by atoms with Crippen LogP contribution in [0.5, 0.6) is 0 Å². The maximum atomic E-state index is 12.7. The molecule has 0 N–H and O–H groups in total. The van der Waals surface area contributed by atoms with Crippen LogP contribution in [0.2, 0.25) is 0 Å². The summed E-state index contributed by atoms with van der Waals surface area (Å²) in [5.41, 5.74) is 0.826. The Bertz CT molecular complexity index is 945. The molecule has 0 spiro atoms. The second-order valence-corrected chi connectivity index (χ2v) is 7.83. The Kier molecular flexibility index (Phi) is 5.60. The lowest BCUT2D eigenvalue weighted by Gasteiger charge is -2.27. The van der Waals surface area contributed by atoms with Gasteiger partial charge in [0.2, 0.25) is 0 Å². The normalized spacial score (nSPS) is 17.4. The highest BCUT2D eigenvalue weighted by atomic mass is 32.2. The van der Waals surface area contributed by atoms with Gasteiger partial charge in [-0.25, -0.2) is 18.2 Å². The molecule has 0 fully saturated rings. The third-order valence-electron chi connectivity index (χ3n) is 3.93. The molecule has 1 aromatic heterocycles. The van der Waals surface area contributed by atoms with Crippen LogP contribution in [0.15, 0.2) is 60.4 Å². The molecule has 9 heteroatoms. The first kappa shape index (κ1) is 18.7. The van der Waals surface area contributed by atoms with E-state index in [1.807, 2.05) is 30.3 Å². The Balaban J connectivity index is 1.71. The number of rotatable bonds is 6. The zero-order chi connectivity index (χ0) is 19.3. The Labute approximate surface area is 156 Å². The van der Waals surface area contributed by atoms with Gasteiger partial charge in [-0.2, -0.15) is 0 Å². The van der Waals surface area contributed by atoms with Crippen molar-refractivity contribution in [1.82, 2.24) is 14.9 Å². The molecule has 27 heavy (non-hydrogen) atoms. The minimum atomic E-state index is -3.34. The number of carbonyl (C=O) groups excluding carboxylic acids is 2. The van der Waals surface area contributed by atoms with E-state index >= 15 is 0 Å². The quantitative estimate of drug-likeness (QED) is 0.680. The van der Waals surface area contributed by atoms with Gasteiger partial charge in [-0.15, -0.1) is 0 Å². The maximum Gasteiger partial charge on any atom is 0.359 e. The Morgan fingerprint density at radius 2 is 1.96 bits per heavy atom. The first-order valence-corrected chi connectivity index (χ1v) is 9.84. The van der Waals surface area contributed by atoms with Gasteiger partial charge in [0, 0.05) is 24.3 Å². The molecule has 1 aliphatic rings. The largest absolute Gasteiger partial charge is 0.451 e. The molecular weight excluding hydrogens is 370 g/mol. The van der Waals surface area contributed by atoms with E-state index in [2.05, 4.69) is 9.97 Å². The number of nitrogens with zero attached hydrogens (tertiary/aromatic N) is 3. The SMILES string of the molecule is O=C(OCC(=O)N(Cc1ccccc1)[C@H]1C=CS(=O)(=O)C1)c1cnccn1. The van der Waals surface area contributed by atoms with E-state index < -0.39 is 34.4 Å². The van der Waals surface area contributed by atoms with Crippen molar-refractivity contribution in [3.63, 3.8) is 0 Å². The zero-order valence-corrected chi connectivity index (χ0v) is 15.1. The summed E-state index contributed by atoms with van der Waals surface area (Å²) in [5.74, 6) is -1.46. The van der Waals surface area contributed by atoms with Crippen LogP contribution in [0.1, 0.15) is 16.1 Å². The molecule has 2 aromatic rings. The van der Waals surface area contributed by atoms with E-state index in [1.54, 1.807) is 0 Å². The first-order valence-electron chi connectivity index (χ1n) is 8.12. The smallest absolute Gasteiger partial charge is 0.359 e. The summed E-state index contributed by atoms with van der Waals surface area (Å²) < 4.78 is 28.5. The van der Waals surface area contributed by atoms with Crippen molar-refractivity contribution in [2.75, 3.05) is 12.4 Å². The monoisotopic (exact) mass is 387 g/mol. The minimum Gasteiger partial charge on any atom is -0.451 e. The number of sulfone groups is 1. The predicted molar refractivity (Wildman–Crippen MR) is 96.0 cm³/mol. The summed E-state index contributed by atoms with van der Waals surface area (Å²) in [6.07, 6.45) is 5.46. The topological polar surface area (TPSA) is 107 Å². The van der Waals surface area contributed by atoms with Gasteiger partial charge in [-0.1, -0.05) is 30.3 Å². The fourth-order valence-electron chi connectivity index (χ4n) is 2.61. The summed E-state index contributed by atoms with van der Waals surface area (Å²) in [7, 11) is -3.34. The van der Waals surface area contributed by atoms with Crippen LogP contribution >= 0.6 is 0 Å². The lowest BCUT2D eigenvalue weighted by Crippen LogP contribution is -2.42. The van der Waals surface area contributed by atoms with Crippen LogP contribution in [-0.2, 0) is 25.9 Å². The molecule has 1 aliphatic heterocycles. The summed E-state index contributed by atoms with van der Waals surface area (Å²) in [5, 5.41) is 1.11. The third kappa shape index (κ3) is 4.98. The summed E-state index contributed by atoms with van der Waals surface area (Å²) >= 11 is 0. The second-order valence-electron chi connectivity index (χ2n) is 5.90. The molecule has 0 saturated heterocycles. The first-order chi connectivity index (χ1) is 12.9. The highest BCUT2D eigenvalue weighted by Gasteiger charge is 2.31. The van der Waals surface area contributed by atoms with Crippen LogP contribution in [0.4, 0.5) is 0 Å². The average Bonchev–Trinajstić information content (AvgIpc) is 3.05. The molecule has 0 saturated carbocycles. The van der Waals surface area contributed by atoms with Crippen LogP contribution in [-0.4, -0.2) is 53.6 Å². The minimum absolute atomic E-state index is 0.0109. The highest BCUT2D eigenvalue weighted by molar-refractivity contribution is 7.94. The van der Waals surface area contributed by atoms with Gasteiger partial charge >= 0.3 is 5.97 Å². The van der Waals surface area contributed by atoms with Gasteiger partial charge < -0.3 is 9.64 Å². The van der Waals surface area contributed by atoms with Gasteiger partial charge in [0.1, 0.15) is 0 Å². The standard InChI is InChI=1S/C18H17N3O5S/c22-17(12-26-18(23)16-10-19-7-8-20-16)21(11-14-4-2-1-3-5-14)15-6-9-27(24,25)13-15/h1-10,15H,11-13H2/t15-/m0/s1. The van der Waals surface area contributed by atoms with Crippen molar-refractivity contribution in [3.8, 4) is 0 Å². The van der Waals surface area contributed by atoms with Crippen molar-refractivity contribution in [2.24, 2.45) is 0 Å². The number of hydrogen-bond acceptors (Lipinski definition) is 7. The van der Waals surface area contributed by atoms with Crippen LogP contribution in [0, 0.1) is 0 Å². The lowest BCUT2D eigenvalue weighted by molar-refractivity contribution is -0.136. The lowest BCUT2D eigenvalue weighted by atomic mass is 10.2. The molecule has 0 radical (unpaired) electrons. The summed E-state index contributed by atoms with van der Waals surface area (Å²) in [6.45, 7) is -0.320. The molecular formula is C18H17N3O5S. The molecule has 0 bridgehead atoms. The van der Waals surface area contributed by atoms with Crippen LogP contribution in [0.25, 0.3) is 0 Å². The number of ether oxygens (including phenoxy) is 1. The van der Waals surface area contributed by atoms with Crippen molar-refractivity contribution in [2.45, 2.75) is 12.6 Å². The van der Waals surface area contributed by atoms with E-state index in [4.69, 9.17) is 4.74 Å². The second kappa shape index (κ2) is 8.09. The van der Waals surface area contributed by atoms with Crippen molar-refractivity contribution in [1.29, 1.82) is 0 Å². The molecule has 140 valence electrons. The summed E-state index contributed by atoms with van der Waals surface area (Å²) in [6, 6.07) is 8.55. The number of aromatic nitrogens is 2. The molecule has 8 nitrogen and oxygen atoms in total. The van der Waals surface area contributed by atoms with Gasteiger partial charge in [0.25, 0.3) is 5.91 Å². The summed E-state index contributed by atoms with van der Waals surface area (Å²) in [4.78, 5) is 33.6. The number of benzene rings is 1. The van der Waals surface area contributed by atoms with Crippen LogP contribution < -0.4 is 0 Å². The van der Waals surface area contributed by atoms with Crippen molar-refractivity contribution < 1.29 is 22.7 Å². The number of carbonyl (C=O) groups is 2. The fourth-order valence-corrected chi connectivity index (χ4v) is 3.91. The van der Waals surface area contributed by atoms with E-state index in [9.17, 15) is 18.0 Å². The van der Waals surface area contributed by atoms with Crippen molar-refractivity contribution in [3.05, 3.63) is 71.7 Å². The molecule has 1 aromatic carbocycles. The molecule has 3 rings (SSSR count). The molecule has 2 heterocycles. The third-order valence-corrected chi connectivity index (χ3v) is 5.30. The zero-order valence-electron chi connectivity index (χ0n) is 14.3. The average molecular weight is 387 g/mol.